The molecule has 0 unspecified atom stereocenters. The van der Waals surface area contributed by atoms with E-state index in [-0.39, 0.29) is 23.2 Å². The summed E-state index contributed by atoms with van der Waals surface area (Å²) in [7, 11) is -4.06. The van der Waals surface area contributed by atoms with Crippen molar-refractivity contribution in [2.24, 2.45) is 5.10 Å². The number of esters is 1. The molecule has 146 valence electrons. The van der Waals surface area contributed by atoms with Gasteiger partial charge < -0.3 is 9.64 Å². The van der Waals surface area contributed by atoms with Gasteiger partial charge in [-0.1, -0.05) is 6.07 Å². The van der Waals surface area contributed by atoms with Crippen LogP contribution in [-0.4, -0.2) is 56.0 Å². The van der Waals surface area contributed by atoms with Crippen LogP contribution in [0.3, 0.4) is 0 Å². The maximum absolute atomic E-state index is 13.0. The first kappa shape index (κ1) is 19.3. The Morgan fingerprint density at radius 1 is 1.22 bits per heavy atom. The van der Waals surface area contributed by atoms with Crippen LogP contribution in [0, 0.1) is 6.92 Å². The molecule has 0 bridgehead atoms. The number of nitrogens with zero attached hydrogens (tertiary/aromatic N) is 3. The first-order valence-electron chi connectivity index (χ1n) is 8.91. The van der Waals surface area contributed by atoms with E-state index in [2.05, 4.69) is 5.10 Å². The fourth-order valence-electron chi connectivity index (χ4n) is 3.13. The highest BCUT2D eigenvalue weighted by Gasteiger charge is 2.40. The average Bonchev–Trinajstić information content (AvgIpc) is 3.10. The Hall–Kier alpha value is -2.42. The van der Waals surface area contributed by atoms with E-state index in [1.165, 1.54) is 16.0 Å². The third kappa shape index (κ3) is 3.83. The van der Waals surface area contributed by atoms with E-state index in [4.69, 9.17) is 4.74 Å². The van der Waals surface area contributed by atoms with Gasteiger partial charge in [0.2, 0.25) is 14.9 Å². The summed E-state index contributed by atoms with van der Waals surface area (Å²) in [5.41, 5.74) is 1.09. The molecular weight excluding hydrogens is 370 g/mol. The first-order chi connectivity index (χ1) is 12.7. The molecule has 2 heterocycles. The number of rotatable bonds is 4. The minimum atomic E-state index is -4.06. The Labute approximate surface area is 158 Å². The molecule has 0 radical (unpaired) electrons. The minimum absolute atomic E-state index is 0.0250. The largest absolute Gasteiger partial charge is 0.462 e. The smallest absolute Gasteiger partial charge is 0.328 e. The number of anilines is 1. The second-order valence-electron chi connectivity index (χ2n) is 6.98. The van der Waals surface area contributed by atoms with Gasteiger partial charge in [0.1, 0.15) is 6.54 Å². The lowest BCUT2D eigenvalue weighted by atomic mass is 10.2. The van der Waals surface area contributed by atoms with Gasteiger partial charge in [-0.05, 0) is 51.3 Å². The minimum Gasteiger partial charge on any atom is -0.462 e. The number of carbonyl (C=O) groups is 2. The molecule has 0 spiro atoms. The number of benzene rings is 1. The third-order valence-corrected chi connectivity index (χ3v) is 6.06. The van der Waals surface area contributed by atoms with Crippen molar-refractivity contribution in [1.82, 2.24) is 4.90 Å². The predicted molar refractivity (Wildman–Crippen MR) is 100 cm³/mol. The van der Waals surface area contributed by atoms with E-state index in [1.807, 2.05) is 6.92 Å². The van der Waals surface area contributed by atoms with Crippen LogP contribution >= 0.6 is 0 Å². The van der Waals surface area contributed by atoms with Crippen molar-refractivity contribution in [2.45, 2.75) is 44.6 Å². The second kappa shape index (κ2) is 7.30. The van der Waals surface area contributed by atoms with E-state index in [0.29, 0.717) is 13.1 Å². The zero-order chi connectivity index (χ0) is 19.8. The molecule has 0 atom stereocenters. The summed E-state index contributed by atoms with van der Waals surface area (Å²) in [5.74, 6) is -1.17. The summed E-state index contributed by atoms with van der Waals surface area (Å²) >= 11 is 0. The number of hydrogen-bond acceptors (Lipinski definition) is 7. The zero-order valence-corrected chi connectivity index (χ0v) is 16.5. The number of hydrogen-bond donors (Lipinski definition) is 0. The lowest BCUT2D eigenvalue weighted by molar-refractivity contribution is -0.145. The van der Waals surface area contributed by atoms with Gasteiger partial charge in [-0.25, -0.2) is 8.42 Å². The van der Waals surface area contributed by atoms with Crippen molar-refractivity contribution >= 4 is 32.4 Å². The summed E-state index contributed by atoms with van der Waals surface area (Å²) in [6.45, 7) is 5.99. The number of hydrazone groups is 1. The molecule has 8 nitrogen and oxygen atoms in total. The van der Waals surface area contributed by atoms with Gasteiger partial charge >= 0.3 is 5.97 Å². The van der Waals surface area contributed by atoms with Crippen LogP contribution in [0.1, 0.15) is 32.3 Å². The van der Waals surface area contributed by atoms with Crippen molar-refractivity contribution in [3.63, 3.8) is 0 Å². The van der Waals surface area contributed by atoms with Crippen LogP contribution in [0.25, 0.3) is 0 Å². The quantitative estimate of drug-likeness (QED) is 0.719. The molecule has 1 saturated heterocycles. The van der Waals surface area contributed by atoms with Gasteiger partial charge in [0.05, 0.1) is 16.7 Å². The number of amides is 1. The van der Waals surface area contributed by atoms with Crippen LogP contribution in [0.15, 0.2) is 28.2 Å². The summed E-state index contributed by atoms with van der Waals surface area (Å²) in [6.07, 6.45) is 1.36. The number of aryl methyl sites for hydroxylation is 1. The Bertz CT molecular complexity index is 902. The molecule has 1 amide bonds. The molecule has 1 aromatic rings. The van der Waals surface area contributed by atoms with Gasteiger partial charge in [0, 0.05) is 13.1 Å². The van der Waals surface area contributed by atoms with Crippen molar-refractivity contribution in [1.29, 1.82) is 0 Å². The van der Waals surface area contributed by atoms with Crippen LogP contribution in [0.2, 0.25) is 0 Å². The number of ether oxygens (including phenoxy) is 1. The van der Waals surface area contributed by atoms with Crippen LogP contribution in [-0.2, 0) is 24.2 Å². The molecule has 27 heavy (non-hydrogen) atoms. The molecule has 0 aliphatic carbocycles. The second-order valence-corrected chi connectivity index (χ2v) is 8.81. The molecule has 0 aromatic heterocycles. The highest BCUT2D eigenvalue weighted by molar-refractivity contribution is 8.08. The van der Waals surface area contributed by atoms with E-state index >= 15 is 0 Å². The van der Waals surface area contributed by atoms with Gasteiger partial charge in [-0.2, -0.15) is 5.10 Å². The van der Waals surface area contributed by atoms with Crippen molar-refractivity contribution in [3.8, 4) is 0 Å². The average molecular weight is 393 g/mol. The normalized spacial score (nSPS) is 18.3. The van der Waals surface area contributed by atoms with Crippen molar-refractivity contribution < 1.29 is 22.7 Å². The molecule has 1 fully saturated rings. The standard InChI is InChI=1S/C18H23N3O5S/c1-12(2)26-16(22)11-21-14-10-13(3)6-7-15(14)27(24,25)17(19-21)18(23)20-8-4-5-9-20/h6-7,10,12H,4-5,8-9,11H2,1-3H3. The Balaban J connectivity index is 2.04. The molecule has 1 aromatic carbocycles. The Kier molecular flexibility index (Phi) is 5.23. The summed E-state index contributed by atoms with van der Waals surface area (Å²) < 4.78 is 31.2. The number of sulfone groups is 1. The van der Waals surface area contributed by atoms with Gasteiger partial charge in [0.15, 0.2) is 0 Å². The van der Waals surface area contributed by atoms with E-state index in [1.54, 1.807) is 26.0 Å². The molecule has 2 aliphatic heterocycles. The predicted octanol–water partition coefficient (Wildman–Crippen LogP) is 1.48. The van der Waals surface area contributed by atoms with E-state index in [9.17, 15) is 18.0 Å². The fraction of sp³-hybridized carbons (Fsp3) is 0.500. The Morgan fingerprint density at radius 3 is 2.52 bits per heavy atom. The van der Waals surface area contributed by atoms with Gasteiger partial charge in [-0.15, -0.1) is 0 Å². The number of carbonyl (C=O) groups excluding carboxylic acids is 2. The first-order valence-corrected chi connectivity index (χ1v) is 10.4. The summed E-state index contributed by atoms with van der Waals surface area (Å²) in [6, 6.07) is 4.74. The zero-order valence-electron chi connectivity index (χ0n) is 15.6. The van der Waals surface area contributed by atoms with Crippen molar-refractivity contribution in [2.75, 3.05) is 24.6 Å². The van der Waals surface area contributed by atoms with Gasteiger partial charge in [-0.3, -0.25) is 14.6 Å². The number of fused-ring (bicyclic) bond motifs is 1. The SMILES string of the molecule is Cc1ccc2c(c1)N(CC(=O)OC(C)C)N=C(C(=O)N1CCCC1)S2(=O)=O. The topological polar surface area (TPSA) is 96.3 Å². The van der Waals surface area contributed by atoms with Gasteiger partial charge in [0.25, 0.3) is 5.91 Å². The molecule has 2 aliphatic rings. The number of likely N-dealkylation sites (tertiary alicyclic amines) is 1. The highest BCUT2D eigenvalue weighted by atomic mass is 32.2. The monoisotopic (exact) mass is 393 g/mol. The van der Waals surface area contributed by atoms with Crippen LogP contribution in [0.4, 0.5) is 5.69 Å². The summed E-state index contributed by atoms with van der Waals surface area (Å²) in [5, 5.41) is 4.78. The fourth-order valence-corrected chi connectivity index (χ4v) is 4.59. The maximum atomic E-state index is 13.0. The Morgan fingerprint density at radius 2 is 1.89 bits per heavy atom. The maximum Gasteiger partial charge on any atom is 0.328 e. The molecule has 0 saturated carbocycles. The molecule has 9 heteroatoms. The lowest BCUT2D eigenvalue weighted by Gasteiger charge is -2.28. The van der Waals surface area contributed by atoms with Crippen LogP contribution < -0.4 is 5.01 Å². The third-order valence-electron chi connectivity index (χ3n) is 4.37. The highest BCUT2D eigenvalue weighted by Crippen LogP contribution is 2.33. The summed E-state index contributed by atoms with van der Waals surface area (Å²) in [4.78, 5) is 26.4. The molecular formula is C18H23N3O5S. The van der Waals surface area contributed by atoms with Crippen LogP contribution in [0.5, 0.6) is 0 Å². The van der Waals surface area contributed by atoms with Crippen molar-refractivity contribution in [3.05, 3.63) is 23.8 Å². The molecule has 0 N–H and O–H groups in total. The molecule has 3 rings (SSSR count). The lowest BCUT2D eigenvalue weighted by Crippen LogP contribution is -2.43. The van der Waals surface area contributed by atoms with E-state index in [0.717, 1.165) is 18.4 Å². The van der Waals surface area contributed by atoms with E-state index < -0.39 is 26.8 Å².